The van der Waals surface area contributed by atoms with E-state index in [1.54, 1.807) is 6.07 Å². The summed E-state index contributed by atoms with van der Waals surface area (Å²) in [5.74, 6) is -0.594. The van der Waals surface area contributed by atoms with Gasteiger partial charge in [0.1, 0.15) is 13.2 Å². The minimum atomic E-state index is -0.642. The third kappa shape index (κ3) is 4.22. The van der Waals surface area contributed by atoms with Gasteiger partial charge in [-0.15, -0.1) is 0 Å². The molecular weight excluding hydrogens is 436 g/mol. The summed E-state index contributed by atoms with van der Waals surface area (Å²) in [6.45, 7) is 8.58. The molecule has 0 unspecified atom stereocenters. The highest BCUT2D eigenvalue weighted by molar-refractivity contribution is 5.94. The van der Waals surface area contributed by atoms with Crippen molar-refractivity contribution in [1.82, 2.24) is 9.80 Å². The second kappa shape index (κ2) is 9.11. The molecule has 2 aromatic rings. The van der Waals surface area contributed by atoms with Crippen LogP contribution in [0.5, 0.6) is 0 Å². The molecule has 0 aliphatic carbocycles. The summed E-state index contributed by atoms with van der Waals surface area (Å²) >= 11 is 0. The van der Waals surface area contributed by atoms with Crippen molar-refractivity contribution in [3.05, 3.63) is 68.8 Å². The third-order valence-corrected chi connectivity index (χ3v) is 7.32. The second-order valence-electron chi connectivity index (χ2n) is 9.46. The van der Waals surface area contributed by atoms with Crippen LogP contribution in [0.3, 0.4) is 0 Å². The van der Waals surface area contributed by atoms with Gasteiger partial charge in [-0.3, -0.25) is 9.80 Å². The molecule has 8 heteroatoms. The Morgan fingerprint density at radius 1 is 0.824 bits per heavy atom. The highest BCUT2D eigenvalue weighted by Gasteiger charge is 2.28. The normalized spacial score (nSPS) is 20.0. The Morgan fingerprint density at radius 3 is 2.09 bits per heavy atom. The summed E-state index contributed by atoms with van der Waals surface area (Å²) in [6, 6.07) is 7.28. The van der Waals surface area contributed by atoms with Crippen molar-refractivity contribution in [1.29, 1.82) is 0 Å². The van der Waals surface area contributed by atoms with E-state index in [0.29, 0.717) is 24.2 Å². The summed E-state index contributed by atoms with van der Waals surface area (Å²) in [6.07, 6.45) is -1.28. The van der Waals surface area contributed by atoms with Gasteiger partial charge in [0.05, 0.1) is 23.3 Å². The Balaban J connectivity index is 1.16. The Labute approximate surface area is 198 Å². The number of β-amino-alcohol motifs (C(OH)–C–C–N with tert-alkyl or cyclic N) is 2. The van der Waals surface area contributed by atoms with Crippen LogP contribution in [0.2, 0.25) is 0 Å². The van der Waals surface area contributed by atoms with E-state index in [2.05, 4.69) is 9.80 Å². The lowest BCUT2D eigenvalue weighted by Gasteiger charge is -2.36. The number of carbonyl (C=O) groups excluding carboxylic acids is 2. The molecule has 8 nitrogen and oxygen atoms in total. The van der Waals surface area contributed by atoms with Crippen molar-refractivity contribution in [2.24, 2.45) is 0 Å². The number of nitrogens with zero attached hydrogens (tertiary/aromatic N) is 2. The first kappa shape index (κ1) is 23.0. The summed E-state index contributed by atoms with van der Waals surface area (Å²) in [5, 5.41) is 21.8. The van der Waals surface area contributed by atoms with Gasteiger partial charge in [-0.05, 0) is 54.3 Å². The van der Waals surface area contributed by atoms with E-state index in [4.69, 9.17) is 9.47 Å². The molecule has 3 aliphatic rings. The van der Waals surface area contributed by atoms with E-state index < -0.39 is 12.2 Å². The molecule has 3 aliphatic heterocycles. The summed E-state index contributed by atoms with van der Waals surface area (Å²) in [7, 11) is 0. The molecule has 0 radical (unpaired) electrons. The number of carbonyl (C=O) groups is 2. The van der Waals surface area contributed by atoms with Gasteiger partial charge in [-0.2, -0.15) is 0 Å². The molecule has 34 heavy (non-hydrogen) atoms. The van der Waals surface area contributed by atoms with Crippen molar-refractivity contribution in [2.45, 2.75) is 39.3 Å². The number of aliphatic hydroxyl groups is 2. The fourth-order valence-electron chi connectivity index (χ4n) is 5.23. The molecule has 0 saturated carbocycles. The van der Waals surface area contributed by atoms with Crippen molar-refractivity contribution in [3.63, 3.8) is 0 Å². The van der Waals surface area contributed by atoms with Crippen LogP contribution in [0.4, 0.5) is 0 Å². The number of cyclic esters (lactones) is 2. The summed E-state index contributed by atoms with van der Waals surface area (Å²) in [5.41, 5.74) is 6.39. The predicted octanol–water partition coefficient (Wildman–Crippen LogP) is 2.03. The molecule has 0 bridgehead atoms. The number of esters is 2. The topological polar surface area (TPSA) is 99.5 Å². The Hall–Kier alpha value is -2.78. The van der Waals surface area contributed by atoms with E-state index >= 15 is 0 Å². The maximum absolute atomic E-state index is 11.8. The molecule has 0 aromatic heterocycles. The third-order valence-electron chi connectivity index (χ3n) is 7.32. The number of benzene rings is 2. The minimum absolute atomic E-state index is 0.266. The monoisotopic (exact) mass is 466 g/mol. The maximum atomic E-state index is 11.8. The first-order valence-corrected chi connectivity index (χ1v) is 11.7. The van der Waals surface area contributed by atoms with E-state index in [1.807, 2.05) is 32.0 Å². The average molecular weight is 467 g/mol. The van der Waals surface area contributed by atoms with Gasteiger partial charge >= 0.3 is 11.9 Å². The minimum Gasteiger partial charge on any atom is -0.457 e. The average Bonchev–Trinajstić information content (AvgIpc) is 3.37. The second-order valence-corrected chi connectivity index (χ2v) is 9.46. The molecule has 2 N–H and O–H groups in total. The van der Waals surface area contributed by atoms with Crippen LogP contribution in [0, 0.1) is 13.8 Å². The standard InChI is InChI=1S/C26H30N2O6/c1-15-9-21-17(13-33-26(21)32)10-20(15)24(30)12-28-7-5-27(6-8-28)11-23(29)18-3-4-19-22(16(18)2)14-34-25(19)31/h3-4,9-10,23-24,29-30H,5-8,11-14H2,1-2H3/t23-,24-/m0/s1. The van der Waals surface area contributed by atoms with Crippen LogP contribution in [0.15, 0.2) is 24.3 Å². The van der Waals surface area contributed by atoms with E-state index in [0.717, 1.165) is 59.6 Å². The first-order chi connectivity index (χ1) is 16.3. The lowest BCUT2D eigenvalue weighted by Crippen LogP contribution is -2.48. The molecule has 1 saturated heterocycles. The molecular formula is C26H30N2O6. The lowest BCUT2D eigenvalue weighted by molar-refractivity contribution is 0.0478. The number of hydrogen-bond acceptors (Lipinski definition) is 8. The van der Waals surface area contributed by atoms with Gasteiger partial charge in [-0.25, -0.2) is 9.59 Å². The lowest BCUT2D eigenvalue weighted by atomic mass is 9.95. The zero-order chi connectivity index (χ0) is 24.0. The smallest absolute Gasteiger partial charge is 0.338 e. The van der Waals surface area contributed by atoms with E-state index in [-0.39, 0.29) is 25.2 Å². The maximum Gasteiger partial charge on any atom is 0.338 e. The van der Waals surface area contributed by atoms with Crippen LogP contribution >= 0.6 is 0 Å². The van der Waals surface area contributed by atoms with Crippen LogP contribution in [0.1, 0.15) is 66.3 Å². The Morgan fingerprint density at radius 2 is 1.41 bits per heavy atom. The quantitative estimate of drug-likeness (QED) is 0.624. The van der Waals surface area contributed by atoms with Gasteiger partial charge in [0.2, 0.25) is 0 Å². The fourth-order valence-corrected chi connectivity index (χ4v) is 5.23. The largest absolute Gasteiger partial charge is 0.457 e. The van der Waals surface area contributed by atoms with Crippen LogP contribution in [-0.2, 0) is 22.7 Å². The SMILES string of the molecule is Cc1cc2c(cc1[C@@H](O)CN1CCN(C[C@H](O)c3ccc4c(c3C)COC4=O)CC1)COC2=O. The van der Waals surface area contributed by atoms with Gasteiger partial charge in [-0.1, -0.05) is 6.07 Å². The van der Waals surface area contributed by atoms with Gasteiger partial charge in [0.15, 0.2) is 0 Å². The fraction of sp³-hybridized carbons (Fsp3) is 0.462. The number of ether oxygens (including phenoxy) is 2. The molecule has 0 amide bonds. The van der Waals surface area contributed by atoms with Gasteiger partial charge < -0.3 is 19.7 Å². The van der Waals surface area contributed by atoms with Crippen molar-refractivity contribution >= 4 is 11.9 Å². The zero-order valence-electron chi connectivity index (χ0n) is 19.5. The number of hydrogen-bond donors (Lipinski definition) is 2. The molecule has 2 atom stereocenters. The number of fused-ring (bicyclic) bond motifs is 2. The molecule has 2 aromatic carbocycles. The molecule has 5 rings (SSSR count). The van der Waals surface area contributed by atoms with Crippen molar-refractivity contribution in [2.75, 3.05) is 39.3 Å². The van der Waals surface area contributed by atoms with Crippen LogP contribution < -0.4 is 0 Å². The molecule has 0 spiro atoms. The van der Waals surface area contributed by atoms with E-state index in [9.17, 15) is 19.8 Å². The highest BCUT2D eigenvalue weighted by Crippen LogP contribution is 2.30. The van der Waals surface area contributed by atoms with Crippen LogP contribution in [0.25, 0.3) is 0 Å². The van der Waals surface area contributed by atoms with Crippen molar-refractivity contribution < 1.29 is 29.3 Å². The highest BCUT2D eigenvalue weighted by atomic mass is 16.5. The summed E-state index contributed by atoms with van der Waals surface area (Å²) in [4.78, 5) is 28.0. The predicted molar refractivity (Wildman–Crippen MR) is 123 cm³/mol. The number of aryl methyl sites for hydroxylation is 1. The molecule has 180 valence electrons. The number of aliphatic hydroxyl groups excluding tert-OH is 2. The Kier molecular flexibility index (Phi) is 6.16. The van der Waals surface area contributed by atoms with Crippen LogP contribution in [-0.4, -0.2) is 71.2 Å². The van der Waals surface area contributed by atoms with Crippen molar-refractivity contribution in [3.8, 4) is 0 Å². The Bertz CT molecular complexity index is 1110. The number of rotatable bonds is 6. The molecule has 3 heterocycles. The van der Waals surface area contributed by atoms with E-state index in [1.165, 1.54) is 0 Å². The zero-order valence-corrected chi connectivity index (χ0v) is 19.5. The first-order valence-electron chi connectivity index (χ1n) is 11.7. The van der Waals surface area contributed by atoms with Gasteiger partial charge in [0, 0.05) is 50.4 Å². The molecule has 1 fully saturated rings. The van der Waals surface area contributed by atoms with Gasteiger partial charge in [0.25, 0.3) is 0 Å². The summed E-state index contributed by atoms with van der Waals surface area (Å²) < 4.78 is 10.2. The number of piperazine rings is 1.